The molecule has 0 aliphatic carbocycles. The third-order valence-electron chi connectivity index (χ3n) is 4.10. The third-order valence-corrected chi connectivity index (χ3v) is 4.10. The van der Waals surface area contributed by atoms with E-state index in [2.05, 4.69) is 10.6 Å². The summed E-state index contributed by atoms with van der Waals surface area (Å²) in [5.74, 6) is -1.46. The van der Waals surface area contributed by atoms with E-state index in [1.165, 1.54) is 0 Å². The Morgan fingerprint density at radius 2 is 1.50 bits per heavy atom. The minimum absolute atomic E-state index is 0.308. The van der Waals surface area contributed by atoms with Crippen molar-refractivity contribution < 1.29 is 19.1 Å². The van der Waals surface area contributed by atoms with Crippen LogP contribution in [0.5, 0.6) is 0 Å². The maximum absolute atomic E-state index is 12.2. The van der Waals surface area contributed by atoms with E-state index in [1.807, 2.05) is 60.7 Å². The molecule has 0 unspecified atom stereocenters. The van der Waals surface area contributed by atoms with Crippen molar-refractivity contribution in [2.75, 3.05) is 13.2 Å². The minimum atomic E-state index is -0.677. The van der Waals surface area contributed by atoms with E-state index in [1.54, 1.807) is 12.1 Å². The number of hydrogen-bond acceptors (Lipinski definition) is 4. The van der Waals surface area contributed by atoms with Crippen molar-refractivity contribution in [2.45, 2.75) is 6.54 Å². The lowest BCUT2D eigenvalue weighted by Crippen LogP contribution is -2.33. The second-order valence-electron chi connectivity index (χ2n) is 6.17. The standard InChI is InChI=1S/C22H20N2O4/c25-20(23-13-16-6-2-1-3-7-16)15-28-21(26)14-24-22(27)19-11-10-17-8-4-5-9-18(17)12-19/h1-12H,13-15H2,(H,23,25)(H,24,27). The fourth-order valence-corrected chi connectivity index (χ4v) is 2.63. The van der Waals surface area contributed by atoms with Crippen molar-refractivity contribution in [3.8, 4) is 0 Å². The Labute approximate surface area is 162 Å². The molecule has 2 amide bonds. The molecule has 0 bridgehead atoms. The van der Waals surface area contributed by atoms with Crippen LogP contribution in [0.4, 0.5) is 0 Å². The molecular weight excluding hydrogens is 356 g/mol. The number of esters is 1. The normalized spacial score (nSPS) is 10.3. The number of benzene rings is 3. The van der Waals surface area contributed by atoms with Gasteiger partial charge in [0.1, 0.15) is 6.54 Å². The van der Waals surface area contributed by atoms with Gasteiger partial charge in [0.15, 0.2) is 6.61 Å². The van der Waals surface area contributed by atoms with Gasteiger partial charge in [-0.05, 0) is 28.5 Å². The number of hydrogen-bond donors (Lipinski definition) is 2. The molecule has 3 aromatic rings. The summed E-state index contributed by atoms with van der Waals surface area (Å²) in [6, 6.07) is 22.4. The van der Waals surface area contributed by atoms with Crippen molar-refractivity contribution in [2.24, 2.45) is 0 Å². The summed E-state index contributed by atoms with van der Waals surface area (Å²) in [6.07, 6.45) is 0. The molecule has 0 fully saturated rings. The van der Waals surface area contributed by atoms with Gasteiger partial charge in [0.2, 0.25) is 0 Å². The molecule has 0 heterocycles. The summed E-state index contributed by atoms with van der Waals surface area (Å²) < 4.78 is 4.88. The van der Waals surface area contributed by atoms with Crippen molar-refractivity contribution >= 4 is 28.6 Å². The molecule has 0 radical (unpaired) electrons. The SMILES string of the molecule is O=C(COC(=O)CNC(=O)c1ccc2ccccc2c1)NCc1ccccc1. The van der Waals surface area contributed by atoms with Gasteiger partial charge in [-0.2, -0.15) is 0 Å². The average molecular weight is 376 g/mol. The first-order valence-electron chi connectivity index (χ1n) is 8.85. The minimum Gasteiger partial charge on any atom is -0.454 e. The van der Waals surface area contributed by atoms with Crippen LogP contribution in [-0.2, 0) is 20.9 Å². The molecule has 3 rings (SSSR count). The van der Waals surface area contributed by atoms with Crippen LogP contribution in [-0.4, -0.2) is 30.9 Å². The van der Waals surface area contributed by atoms with Crippen LogP contribution in [0.1, 0.15) is 15.9 Å². The number of carbonyl (C=O) groups excluding carboxylic acids is 3. The van der Waals surface area contributed by atoms with Gasteiger partial charge in [-0.1, -0.05) is 60.7 Å². The van der Waals surface area contributed by atoms with Gasteiger partial charge in [-0.25, -0.2) is 0 Å². The van der Waals surface area contributed by atoms with Crippen LogP contribution >= 0.6 is 0 Å². The lowest BCUT2D eigenvalue weighted by molar-refractivity contribution is -0.147. The zero-order chi connectivity index (χ0) is 19.8. The number of nitrogens with one attached hydrogen (secondary N) is 2. The maximum atomic E-state index is 12.2. The van der Waals surface area contributed by atoms with Crippen LogP contribution in [0.25, 0.3) is 10.8 Å². The molecule has 28 heavy (non-hydrogen) atoms. The Morgan fingerprint density at radius 1 is 0.786 bits per heavy atom. The van der Waals surface area contributed by atoms with Gasteiger partial charge in [0, 0.05) is 12.1 Å². The monoisotopic (exact) mass is 376 g/mol. The van der Waals surface area contributed by atoms with Crippen molar-refractivity contribution in [3.63, 3.8) is 0 Å². The Morgan fingerprint density at radius 3 is 2.29 bits per heavy atom. The molecule has 6 heteroatoms. The highest BCUT2D eigenvalue weighted by atomic mass is 16.5. The third kappa shape index (κ3) is 5.41. The Bertz CT molecular complexity index is 986. The first kappa shape index (κ1) is 19.1. The summed E-state index contributed by atoms with van der Waals surface area (Å²) in [7, 11) is 0. The van der Waals surface area contributed by atoms with Crippen LogP contribution in [0.2, 0.25) is 0 Å². The van der Waals surface area contributed by atoms with Gasteiger partial charge in [-0.15, -0.1) is 0 Å². The average Bonchev–Trinajstić information content (AvgIpc) is 2.75. The number of fused-ring (bicyclic) bond motifs is 1. The molecule has 0 aliphatic rings. The lowest BCUT2D eigenvalue weighted by Gasteiger charge is -2.08. The van der Waals surface area contributed by atoms with E-state index in [4.69, 9.17) is 4.74 Å². The number of amides is 2. The summed E-state index contributed by atoms with van der Waals surface area (Å²) >= 11 is 0. The molecule has 2 N–H and O–H groups in total. The van der Waals surface area contributed by atoms with Crippen molar-refractivity contribution in [3.05, 3.63) is 83.9 Å². The molecule has 0 spiro atoms. The van der Waals surface area contributed by atoms with E-state index < -0.39 is 18.5 Å². The highest BCUT2D eigenvalue weighted by Gasteiger charge is 2.11. The largest absolute Gasteiger partial charge is 0.454 e. The predicted molar refractivity (Wildman–Crippen MR) is 106 cm³/mol. The second-order valence-corrected chi connectivity index (χ2v) is 6.17. The van der Waals surface area contributed by atoms with Crippen molar-refractivity contribution in [1.29, 1.82) is 0 Å². The smallest absolute Gasteiger partial charge is 0.325 e. The van der Waals surface area contributed by atoms with Gasteiger partial charge in [0.05, 0.1) is 0 Å². The molecule has 6 nitrogen and oxygen atoms in total. The number of ether oxygens (including phenoxy) is 1. The molecule has 0 saturated heterocycles. The van der Waals surface area contributed by atoms with Gasteiger partial charge >= 0.3 is 5.97 Å². The zero-order valence-electron chi connectivity index (χ0n) is 15.2. The molecule has 142 valence electrons. The fourth-order valence-electron chi connectivity index (χ4n) is 2.63. The van der Waals surface area contributed by atoms with E-state index in [0.29, 0.717) is 12.1 Å². The predicted octanol–water partition coefficient (Wildman–Crippen LogP) is 2.43. The van der Waals surface area contributed by atoms with E-state index in [0.717, 1.165) is 16.3 Å². The van der Waals surface area contributed by atoms with E-state index in [-0.39, 0.29) is 12.5 Å². The summed E-state index contributed by atoms with van der Waals surface area (Å²) in [5, 5.41) is 7.12. The first-order chi connectivity index (χ1) is 13.6. The molecule has 0 aliphatic heterocycles. The zero-order valence-corrected chi connectivity index (χ0v) is 15.2. The summed E-state index contributed by atoms with van der Waals surface area (Å²) in [4.78, 5) is 35.7. The van der Waals surface area contributed by atoms with Gasteiger partial charge < -0.3 is 15.4 Å². The lowest BCUT2D eigenvalue weighted by atomic mass is 10.1. The van der Waals surface area contributed by atoms with Gasteiger partial charge in [0.25, 0.3) is 11.8 Å². The summed E-state index contributed by atoms with van der Waals surface area (Å²) in [5.41, 5.74) is 1.40. The first-order valence-corrected chi connectivity index (χ1v) is 8.85. The molecule has 0 aromatic heterocycles. The van der Waals surface area contributed by atoms with Crippen molar-refractivity contribution in [1.82, 2.24) is 10.6 Å². The molecule has 0 saturated carbocycles. The number of carbonyl (C=O) groups is 3. The Kier molecular flexibility index (Phi) is 6.36. The van der Waals surface area contributed by atoms with Crippen LogP contribution in [0, 0.1) is 0 Å². The number of rotatable bonds is 7. The maximum Gasteiger partial charge on any atom is 0.325 e. The Balaban J connectivity index is 1.40. The summed E-state index contributed by atoms with van der Waals surface area (Å²) in [6.45, 7) is -0.342. The van der Waals surface area contributed by atoms with Crippen LogP contribution < -0.4 is 10.6 Å². The highest BCUT2D eigenvalue weighted by Crippen LogP contribution is 2.15. The topological polar surface area (TPSA) is 84.5 Å². The molecule has 0 atom stereocenters. The van der Waals surface area contributed by atoms with Crippen LogP contribution in [0.3, 0.4) is 0 Å². The fraction of sp³-hybridized carbons (Fsp3) is 0.136. The molecular formula is C22H20N2O4. The second kappa shape index (κ2) is 9.32. The molecule has 3 aromatic carbocycles. The van der Waals surface area contributed by atoms with E-state index >= 15 is 0 Å². The van der Waals surface area contributed by atoms with Gasteiger partial charge in [-0.3, -0.25) is 14.4 Å². The quantitative estimate of drug-likeness (QED) is 0.620. The Hall–Kier alpha value is -3.67. The van der Waals surface area contributed by atoms with Crippen LogP contribution in [0.15, 0.2) is 72.8 Å². The van der Waals surface area contributed by atoms with E-state index in [9.17, 15) is 14.4 Å². The highest BCUT2D eigenvalue weighted by molar-refractivity contribution is 5.99.